The molecule has 0 heterocycles. The predicted molar refractivity (Wildman–Crippen MR) is 84.7 cm³/mol. The average molecular weight is 304 g/mol. The number of carbonyl (C=O) groups is 2. The lowest BCUT2D eigenvalue weighted by atomic mass is 9.81. The Morgan fingerprint density at radius 3 is 2.55 bits per heavy atom. The molecule has 1 aromatic carbocycles. The zero-order chi connectivity index (χ0) is 15.9. The first kappa shape index (κ1) is 16.3. The van der Waals surface area contributed by atoms with Crippen LogP contribution in [0.1, 0.15) is 38.2 Å². The zero-order valence-electron chi connectivity index (χ0n) is 12.9. The fraction of sp³-hybridized carbons (Fsp3) is 0.529. The average Bonchev–Trinajstić information content (AvgIpc) is 2.50. The van der Waals surface area contributed by atoms with Crippen molar-refractivity contribution in [1.82, 2.24) is 10.6 Å². The van der Waals surface area contributed by atoms with Gasteiger partial charge in [0.1, 0.15) is 0 Å². The quantitative estimate of drug-likeness (QED) is 0.724. The number of aliphatic carboxylic acids is 1. The molecule has 2 rings (SSSR count). The van der Waals surface area contributed by atoms with E-state index in [0.717, 1.165) is 18.4 Å². The summed E-state index contributed by atoms with van der Waals surface area (Å²) in [6, 6.07) is 9.68. The molecule has 0 aliphatic heterocycles. The standard InChI is InChI=1S/C17H24N2O3/c1-12-7-9-15(12)19-17(22)18-14(8-10-16(20)21)11-13-5-3-2-4-6-13/h2-6,12,14-15H,7-11H2,1H3,(H,20,21)(H2,18,19,22). The molecule has 3 N–H and O–H groups in total. The third-order valence-corrected chi connectivity index (χ3v) is 4.30. The van der Waals surface area contributed by atoms with Crippen LogP contribution in [-0.2, 0) is 11.2 Å². The normalized spacial score (nSPS) is 21.5. The van der Waals surface area contributed by atoms with Crippen molar-refractivity contribution >= 4 is 12.0 Å². The molecule has 1 saturated carbocycles. The molecule has 3 atom stereocenters. The van der Waals surface area contributed by atoms with E-state index in [-0.39, 0.29) is 24.5 Å². The highest BCUT2D eigenvalue weighted by Crippen LogP contribution is 2.26. The van der Waals surface area contributed by atoms with Crippen LogP contribution in [0, 0.1) is 5.92 Å². The fourth-order valence-electron chi connectivity index (χ4n) is 2.70. The van der Waals surface area contributed by atoms with Gasteiger partial charge in [0.25, 0.3) is 0 Å². The second-order valence-corrected chi connectivity index (χ2v) is 6.10. The number of carbonyl (C=O) groups excluding carboxylic acids is 1. The molecule has 1 aliphatic carbocycles. The molecule has 0 radical (unpaired) electrons. The summed E-state index contributed by atoms with van der Waals surface area (Å²) in [5.41, 5.74) is 1.09. The fourth-order valence-corrected chi connectivity index (χ4v) is 2.70. The van der Waals surface area contributed by atoms with Gasteiger partial charge in [-0.25, -0.2) is 4.79 Å². The Labute approximate surface area is 131 Å². The summed E-state index contributed by atoms with van der Waals surface area (Å²) in [6.45, 7) is 2.13. The molecular weight excluding hydrogens is 280 g/mol. The van der Waals surface area contributed by atoms with Gasteiger partial charge in [-0.05, 0) is 37.2 Å². The summed E-state index contributed by atoms with van der Waals surface area (Å²) in [7, 11) is 0. The Kier molecular flexibility index (Phi) is 5.81. The molecule has 0 aromatic heterocycles. The zero-order valence-corrected chi connectivity index (χ0v) is 12.9. The van der Waals surface area contributed by atoms with E-state index in [4.69, 9.17) is 5.11 Å². The van der Waals surface area contributed by atoms with Crippen LogP contribution >= 0.6 is 0 Å². The van der Waals surface area contributed by atoms with Gasteiger partial charge >= 0.3 is 12.0 Å². The van der Waals surface area contributed by atoms with Gasteiger partial charge < -0.3 is 15.7 Å². The van der Waals surface area contributed by atoms with Gasteiger partial charge in [-0.15, -0.1) is 0 Å². The number of amides is 2. The smallest absolute Gasteiger partial charge is 0.315 e. The van der Waals surface area contributed by atoms with Crippen LogP contribution in [0.3, 0.4) is 0 Å². The molecule has 22 heavy (non-hydrogen) atoms. The Balaban J connectivity index is 1.88. The number of carboxylic acid groups (broad SMARTS) is 1. The van der Waals surface area contributed by atoms with E-state index in [1.807, 2.05) is 30.3 Å². The molecule has 0 bridgehead atoms. The van der Waals surface area contributed by atoms with Gasteiger partial charge in [0.15, 0.2) is 0 Å². The van der Waals surface area contributed by atoms with Crippen LogP contribution in [0.2, 0.25) is 0 Å². The van der Waals surface area contributed by atoms with Crippen LogP contribution < -0.4 is 10.6 Å². The third-order valence-electron chi connectivity index (χ3n) is 4.30. The molecule has 3 unspecified atom stereocenters. The van der Waals surface area contributed by atoms with Crippen molar-refractivity contribution < 1.29 is 14.7 Å². The van der Waals surface area contributed by atoms with Crippen molar-refractivity contribution in [1.29, 1.82) is 0 Å². The summed E-state index contributed by atoms with van der Waals surface area (Å²) in [6.07, 6.45) is 3.29. The minimum Gasteiger partial charge on any atom is -0.481 e. The number of rotatable bonds is 7. The van der Waals surface area contributed by atoms with E-state index in [1.165, 1.54) is 0 Å². The second kappa shape index (κ2) is 7.82. The summed E-state index contributed by atoms with van der Waals surface area (Å²) in [5.74, 6) is -0.315. The first-order valence-electron chi connectivity index (χ1n) is 7.87. The maximum absolute atomic E-state index is 12.1. The van der Waals surface area contributed by atoms with E-state index in [0.29, 0.717) is 18.8 Å². The van der Waals surface area contributed by atoms with E-state index in [9.17, 15) is 9.59 Å². The van der Waals surface area contributed by atoms with Crippen LogP contribution in [-0.4, -0.2) is 29.2 Å². The molecule has 1 aromatic rings. The Morgan fingerprint density at radius 1 is 1.27 bits per heavy atom. The summed E-state index contributed by atoms with van der Waals surface area (Å²) >= 11 is 0. The first-order valence-corrected chi connectivity index (χ1v) is 7.87. The maximum atomic E-state index is 12.1. The molecule has 0 saturated heterocycles. The molecule has 2 amide bonds. The van der Waals surface area contributed by atoms with Gasteiger partial charge in [0.05, 0.1) is 0 Å². The molecule has 5 heteroatoms. The van der Waals surface area contributed by atoms with Gasteiger partial charge in [-0.1, -0.05) is 37.3 Å². The number of hydrogen-bond donors (Lipinski definition) is 3. The SMILES string of the molecule is CC1CCC1NC(=O)NC(CCC(=O)O)Cc1ccccc1. The maximum Gasteiger partial charge on any atom is 0.315 e. The molecule has 0 spiro atoms. The summed E-state index contributed by atoms with van der Waals surface area (Å²) < 4.78 is 0. The van der Waals surface area contributed by atoms with Crippen LogP contribution in [0.5, 0.6) is 0 Å². The van der Waals surface area contributed by atoms with Crippen molar-refractivity contribution in [2.24, 2.45) is 5.92 Å². The lowest BCUT2D eigenvalue weighted by Crippen LogP contribution is -2.52. The number of carboxylic acids is 1. The van der Waals surface area contributed by atoms with Crippen molar-refractivity contribution in [3.05, 3.63) is 35.9 Å². The lowest BCUT2D eigenvalue weighted by Gasteiger charge is -2.34. The Bertz CT molecular complexity index is 504. The monoisotopic (exact) mass is 304 g/mol. The predicted octanol–water partition coefficient (Wildman–Crippen LogP) is 2.56. The van der Waals surface area contributed by atoms with Crippen LogP contribution in [0.25, 0.3) is 0 Å². The summed E-state index contributed by atoms with van der Waals surface area (Å²) in [4.78, 5) is 22.9. The van der Waals surface area contributed by atoms with E-state index >= 15 is 0 Å². The second-order valence-electron chi connectivity index (χ2n) is 6.10. The minimum atomic E-state index is -0.840. The number of urea groups is 1. The summed E-state index contributed by atoms with van der Waals surface area (Å²) in [5, 5.41) is 14.8. The largest absolute Gasteiger partial charge is 0.481 e. The molecule has 120 valence electrons. The molecular formula is C17H24N2O3. The molecule has 1 aliphatic rings. The topological polar surface area (TPSA) is 78.4 Å². The van der Waals surface area contributed by atoms with Crippen molar-refractivity contribution in [2.75, 3.05) is 0 Å². The third kappa shape index (κ3) is 5.06. The lowest BCUT2D eigenvalue weighted by molar-refractivity contribution is -0.137. The van der Waals surface area contributed by atoms with E-state index in [1.54, 1.807) is 0 Å². The van der Waals surface area contributed by atoms with Crippen molar-refractivity contribution in [3.63, 3.8) is 0 Å². The molecule has 5 nitrogen and oxygen atoms in total. The first-order chi connectivity index (χ1) is 10.5. The highest BCUT2D eigenvalue weighted by atomic mass is 16.4. The Morgan fingerprint density at radius 2 is 2.00 bits per heavy atom. The van der Waals surface area contributed by atoms with Crippen LogP contribution in [0.4, 0.5) is 4.79 Å². The van der Waals surface area contributed by atoms with Crippen LogP contribution in [0.15, 0.2) is 30.3 Å². The van der Waals surface area contributed by atoms with Gasteiger partial charge in [-0.2, -0.15) is 0 Å². The highest BCUT2D eigenvalue weighted by molar-refractivity contribution is 5.75. The van der Waals surface area contributed by atoms with Gasteiger partial charge in [-0.3, -0.25) is 4.79 Å². The number of hydrogen-bond acceptors (Lipinski definition) is 2. The number of benzene rings is 1. The van der Waals surface area contributed by atoms with E-state index < -0.39 is 5.97 Å². The van der Waals surface area contributed by atoms with Gasteiger partial charge in [0.2, 0.25) is 0 Å². The Hall–Kier alpha value is -2.04. The van der Waals surface area contributed by atoms with E-state index in [2.05, 4.69) is 17.6 Å². The van der Waals surface area contributed by atoms with Crippen molar-refractivity contribution in [2.45, 2.75) is 51.1 Å². The number of nitrogens with one attached hydrogen (secondary N) is 2. The van der Waals surface area contributed by atoms with Crippen molar-refractivity contribution in [3.8, 4) is 0 Å². The molecule has 1 fully saturated rings. The minimum absolute atomic E-state index is 0.0532. The van der Waals surface area contributed by atoms with Gasteiger partial charge in [0, 0.05) is 18.5 Å². The highest BCUT2D eigenvalue weighted by Gasteiger charge is 2.28.